The lowest BCUT2D eigenvalue weighted by Crippen LogP contribution is -2.30. The molecule has 8 nitrogen and oxygen atoms in total. The van der Waals surface area contributed by atoms with Gasteiger partial charge in [0.05, 0.1) is 7.11 Å². The number of imide groups is 1. The molecule has 0 radical (unpaired) electrons. The van der Waals surface area contributed by atoms with Gasteiger partial charge in [0.15, 0.2) is 18.1 Å². The molecule has 4 amide bonds. The van der Waals surface area contributed by atoms with Gasteiger partial charge in [-0.1, -0.05) is 30.3 Å². The zero-order valence-electron chi connectivity index (χ0n) is 16.4. The number of ether oxygens (including phenoxy) is 2. The van der Waals surface area contributed by atoms with Gasteiger partial charge in [0.2, 0.25) is 0 Å². The average Bonchev–Trinajstić information content (AvgIpc) is 3.01. The third kappa shape index (κ3) is 4.85. The van der Waals surface area contributed by atoms with Crippen molar-refractivity contribution in [3.63, 3.8) is 0 Å². The van der Waals surface area contributed by atoms with Crippen molar-refractivity contribution in [1.29, 1.82) is 0 Å². The summed E-state index contributed by atoms with van der Waals surface area (Å²) in [5.41, 5.74) is 1.45. The van der Waals surface area contributed by atoms with Crippen LogP contribution in [0.4, 0.5) is 10.5 Å². The van der Waals surface area contributed by atoms with E-state index in [1.807, 2.05) is 18.2 Å². The summed E-state index contributed by atoms with van der Waals surface area (Å²) in [5.74, 6) is 0.0160. The Kier molecular flexibility index (Phi) is 6.49. The van der Waals surface area contributed by atoms with Crippen molar-refractivity contribution in [2.45, 2.75) is 0 Å². The molecule has 1 aliphatic heterocycles. The van der Waals surface area contributed by atoms with Crippen LogP contribution in [0.1, 0.15) is 5.56 Å². The van der Waals surface area contributed by atoms with Gasteiger partial charge in [0.1, 0.15) is 5.70 Å². The number of hydrogen-bond acceptors (Lipinski definition) is 5. The predicted molar refractivity (Wildman–Crippen MR) is 112 cm³/mol. The quantitative estimate of drug-likeness (QED) is 0.398. The Bertz CT molecular complexity index is 1000. The van der Waals surface area contributed by atoms with Gasteiger partial charge in [0.25, 0.3) is 11.8 Å². The van der Waals surface area contributed by atoms with Gasteiger partial charge in [0, 0.05) is 12.2 Å². The van der Waals surface area contributed by atoms with E-state index in [2.05, 4.69) is 17.2 Å². The Morgan fingerprint density at radius 3 is 2.63 bits per heavy atom. The smallest absolute Gasteiger partial charge is 0.329 e. The number of anilines is 1. The fraction of sp³-hybridized carbons (Fsp3) is 0.136. The van der Waals surface area contributed by atoms with Crippen molar-refractivity contribution in [3.05, 3.63) is 72.4 Å². The Balaban J connectivity index is 1.68. The van der Waals surface area contributed by atoms with Crippen LogP contribution in [-0.2, 0) is 9.59 Å². The summed E-state index contributed by atoms with van der Waals surface area (Å²) in [6.45, 7) is 3.47. The number of rotatable bonds is 8. The number of methoxy groups -OCH3 is 1. The lowest BCUT2D eigenvalue weighted by Gasteiger charge is -2.12. The second-order valence-electron chi connectivity index (χ2n) is 6.31. The number of para-hydroxylation sites is 1. The summed E-state index contributed by atoms with van der Waals surface area (Å²) in [7, 11) is 1.47. The topological polar surface area (TPSA) is 97.0 Å². The largest absolute Gasteiger partial charge is 0.493 e. The molecule has 2 aromatic rings. The highest BCUT2D eigenvalue weighted by Gasteiger charge is 2.32. The van der Waals surface area contributed by atoms with Crippen LogP contribution >= 0.6 is 0 Å². The lowest BCUT2D eigenvalue weighted by atomic mass is 10.1. The maximum Gasteiger partial charge on any atom is 0.329 e. The number of hydrogen-bond donors (Lipinski definition) is 2. The third-order valence-electron chi connectivity index (χ3n) is 4.19. The molecule has 0 aromatic heterocycles. The summed E-state index contributed by atoms with van der Waals surface area (Å²) < 4.78 is 10.9. The Morgan fingerprint density at radius 1 is 1.17 bits per heavy atom. The van der Waals surface area contributed by atoms with Crippen LogP contribution in [-0.4, -0.2) is 43.0 Å². The minimum atomic E-state index is -0.498. The van der Waals surface area contributed by atoms with E-state index in [1.54, 1.807) is 30.3 Å². The highest BCUT2D eigenvalue weighted by Crippen LogP contribution is 2.29. The van der Waals surface area contributed by atoms with Crippen LogP contribution < -0.4 is 20.1 Å². The molecule has 154 valence electrons. The standard InChI is InChI=1S/C22H21N3O5/c1-3-11-25-21(27)17(24-22(25)28)12-15-9-10-18(19(13-15)29-2)30-14-20(26)23-16-7-5-4-6-8-16/h3-10,12-13H,1,11,14H2,2H3,(H,23,26)(H,24,28)/b17-12+. The first-order valence-electron chi connectivity index (χ1n) is 9.13. The lowest BCUT2D eigenvalue weighted by molar-refractivity contribution is -0.122. The van der Waals surface area contributed by atoms with Gasteiger partial charge in [-0.15, -0.1) is 6.58 Å². The molecule has 30 heavy (non-hydrogen) atoms. The minimum absolute atomic E-state index is 0.128. The van der Waals surface area contributed by atoms with E-state index in [4.69, 9.17) is 9.47 Å². The van der Waals surface area contributed by atoms with E-state index in [-0.39, 0.29) is 24.8 Å². The zero-order chi connectivity index (χ0) is 21.5. The number of amides is 4. The fourth-order valence-electron chi connectivity index (χ4n) is 2.79. The SMILES string of the molecule is C=CCN1C(=O)N/C(=C/c2ccc(OCC(=O)Nc3ccccc3)c(OC)c2)C1=O. The number of benzene rings is 2. The van der Waals surface area contributed by atoms with E-state index >= 15 is 0 Å². The van der Waals surface area contributed by atoms with Crippen molar-refractivity contribution in [1.82, 2.24) is 10.2 Å². The van der Waals surface area contributed by atoms with E-state index < -0.39 is 11.9 Å². The Morgan fingerprint density at radius 2 is 1.93 bits per heavy atom. The summed E-state index contributed by atoms with van der Waals surface area (Å²) in [6.07, 6.45) is 3.02. The van der Waals surface area contributed by atoms with Gasteiger partial charge in [-0.3, -0.25) is 14.5 Å². The molecule has 0 unspecified atom stereocenters. The third-order valence-corrected chi connectivity index (χ3v) is 4.19. The molecule has 2 N–H and O–H groups in total. The first-order valence-corrected chi connectivity index (χ1v) is 9.13. The number of urea groups is 1. The van der Waals surface area contributed by atoms with Crippen LogP contribution in [0.15, 0.2) is 66.9 Å². The van der Waals surface area contributed by atoms with Gasteiger partial charge in [-0.25, -0.2) is 4.79 Å². The first kappa shape index (κ1) is 20.7. The van der Waals surface area contributed by atoms with Crippen LogP contribution in [0.2, 0.25) is 0 Å². The summed E-state index contributed by atoms with van der Waals surface area (Å²) in [4.78, 5) is 37.3. The molecule has 1 heterocycles. The molecule has 0 bridgehead atoms. The fourth-order valence-corrected chi connectivity index (χ4v) is 2.79. The molecule has 0 spiro atoms. The molecule has 0 atom stereocenters. The van der Waals surface area contributed by atoms with Crippen molar-refractivity contribution in [2.75, 3.05) is 25.6 Å². The van der Waals surface area contributed by atoms with Crippen LogP contribution in [0.5, 0.6) is 11.5 Å². The second kappa shape index (κ2) is 9.42. The predicted octanol–water partition coefficient (Wildman–Crippen LogP) is 2.79. The molecule has 1 fully saturated rings. The molecule has 2 aromatic carbocycles. The normalized spacial score (nSPS) is 14.4. The van der Waals surface area contributed by atoms with E-state index in [0.29, 0.717) is 22.7 Å². The molecular weight excluding hydrogens is 386 g/mol. The summed E-state index contributed by atoms with van der Waals surface area (Å²) >= 11 is 0. The Labute approximate surface area is 173 Å². The van der Waals surface area contributed by atoms with E-state index in [0.717, 1.165) is 4.90 Å². The highest BCUT2D eigenvalue weighted by molar-refractivity contribution is 6.14. The number of carbonyl (C=O) groups excluding carboxylic acids is 3. The molecule has 8 heteroatoms. The van der Waals surface area contributed by atoms with Gasteiger partial charge in [-0.05, 0) is 35.9 Å². The minimum Gasteiger partial charge on any atom is -0.493 e. The molecular formula is C22H21N3O5. The highest BCUT2D eigenvalue weighted by atomic mass is 16.5. The average molecular weight is 407 g/mol. The zero-order valence-corrected chi connectivity index (χ0v) is 16.4. The maximum absolute atomic E-state index is 12.3. The van der Waals surface area contributed by atoms with Gasteiger partial charge in [-0.2, -0.15) is 0 Å². The van der Waals surface area contributed by atoms with Crippen LogP contribution in [0.3, 0.4) is 0 Å². The van der Waals surface area contributed by atoms with Crippen LogP contribution in [0.25, 0.3) is 6.08 Å². The second-order valence-corrected chi connectivity index (χ2v) is 6.31. The monoisotopic (exact) mass is 407 g/mol. The molecule has 1 saturated heterocycles. The van der Waals surface area contributed by atoms with Crippen molar-refractivity contribution < 1.29 is 23.9 Å². The molecule has 3 rings (SSSR count). The van der Waals surface area contributed by atoms with Gasteiger partial charge >= 0.3 is 6.03 Å². The van der Waals surface area contributed by atoms with Crippen LogP contribution in [0, 0.1) is 0 Å². The number of nitrogens with zero attached hydrogens (tertiary/aromatic N) is 1. The van der Waals surface area contributed by atoms with Crippen molar-refractivity contribution in [3.8, 4) is 11.5 Å². The Hall–Kier alpha value is -4.07. The molecule has 0 saturated carbocycles. The van der Waals surface area contributed by atoms with Crippen molar-refractivity contribution in [2.24, 2.45) is 0 Å². The first-order chi connectivity index (χ1) is 14.5. The number of nitrogens with one attached hydrogen (secondary N) is 2. The van der Waals surface area contributed by atoms with E-state index in [1.165, 1.54) is 19.3 Å². The summed E-state index contributed by atoms with van der Waals surface area (Å²) in [5, 5.41) is 5.26. The summed E-state index contributed by atoms with van der Waals surface area (Å²) in [6, 6.07) is 13.5. The molecule has 1 aliphatic rings. The molecule has 0 aliphatic carbocycles. The van der Waals surface area contributed by atoms with E-state index in [9.17, 15) is 14.4 Å². The van der Waals surface area contributed by atoms with Gasteiger partial charge < -0.3 is 20.1 Å². The maximum atomic E-state index is 12.3. The number of carbonyl (C=O) groups is 3. The van der Waals surface area contributed by atoms with Crippen molar-refractivity contribution >= 4 is 29.6 Å².